The molecule has 0 saturated heterocycles. The maximum absolute atomic E-state index is 12.5. The summed E-state index contributed by atoms with van der Waals surface area (Å²) in [5.41, 5.74) is 0.863. The molecule has 3 atom stereocenters. The van der Waals surface area contributed by atoms with Crippen LogP contribution in [0.5, 0.6) is 5.75 Å². The van der Waals surface area contributed by atoms with Crippen LogP contribution in [-0.2, 0) is 9.59 Å². The predicted octanol–water partition coefficient (Wildman–Crippen LogP) is 2.95. The summed E-state index contributed by atoms with van der Waals surface area (Å²) in [6.45, 7) is 1.83. The number of nitrogens with one attached hydrogen (secondary N) is 1. The van der Waals surface area contributed by atoms with Crippen molar-refractivity contribution in [2.75, 3.05) is 7.11 Å². The number of methoxy groups -OCH3 is 1. The van der Waals surface area contributed by atoms with Crippen LogP contribution in [0.1, 0.15) is 50.5 Å². The Morgan fingerprint density at radius 1 is 1.26 bits per heavy atom. The third kappa shape index (κ3) is 4.47. The molecule has 0 radical (unpaired) electrons. The quantitative estimate of drug-likeness (QED) is 0.818. The molecule has 1 aromatic carbocycles. The van der Waals surface area contributed by atoms with E-state index in [9.17, 15) is 14.7 Å². The van der Waals surface area contributed by atoms with E-state index in [-0.39, 0.29) is 17.9 Å². The fraction of sp³-hybridized carbons (Fsp3) is 0.556. The van der Waals surface area contributed by atoms with E-state index in [0.717, 1.165) is 31.2 Å². The van der Waals surface area contributed by atoms with Crippen LogP contribution in [0.4, 0.5) is 0 Å². The molecule has 1 unspecified atom stereocenters. The lowest BCUT2D eigenvalue weighted by Crippen LogP contribution is -2.44. The Morgan fingerprint density at radius 3 is 2.70 bits per heavy atom. The molecule has 2 N–H and O–H groups in total. The second-order valence-corrected chi connectivity index (χ2v) is 6.20. The summed E-state index contributed by atoms with van der Waals surface area (Å²) < 4.78 is 5.19. The van der Waals surface area contributed by atoms with Gasteiger partial charge in [-0.25, -0.2) is 0 Å². The van der Waals surface area contributed by atoms with Crippen molar-refractivity contribution in [2.24, 2.45) is 5.92 Å². The molecule has 5 heteroatoms. The fourth-order valence-corrected chi connectivity index (χ4v) is 3.15. The summed E-state index contributed by atoms with van der Waals surface area (Å²) in [5.74, 6) is -1.07. The minimum Gasteiger partial charge on any atom is -0.497 e. The Bertz CT molecular complexity index is 558. The molecule has 1 amide bonds. The molecule has 0 aliphatic heterocycles. The third-order valence-electron chi connectivity index (χ3n) is 4.65. The highest BCUT2D eigenvalue weighted by molar-refractivity contribution is 5.84. The zero-order chi connectivity index (χ0) is 16.8. The molecule has 1 aromatic rings. The molecule has 1 aliphatic rings. The standard InChI is InChI=1S/C18H25NO4/c1-12(13-7-6-8-14(11-13)23-2)17(20)19-16-10-5-3-4-9-15(16)18(21)22/h6-8,11-12,15-16H,3-5,9-10H2,1-2H3,(H,19,20)(H,21,22)/t12?,15-,16+/m1/s1. The number of carboxylic acid groups (broad SMARTS) is 1. The van der Waals surface area contributed by atoms with Crippen LogP contribution in [0.25, 0.3) is 0 Å². The van der Waals surface area contributed by atoms with E-state index in [4.69, 9.17) is 4.74 Å². The Kier molecular flexibility index (Phi) is 6.02. The SMILES string of the molecule is COc1cccc(C(C)C(=O)N[C@H]2CCCCC[C@H]2C(=O)O)c1. The van der Waals surface area contributed by atoms with Gasteiger partial charge in [0, 0.05) is 6.04 Å². The summed E-state index contributed by atoms with van der Waals surface area (Å²) in [4.78, 5) is 24.0. The lowest BCUT2D eigenvalue weighted by molar-refractivity contribution is -0.143. The molecule has 5 nitrogen and oxygen atoms in total. The molecule has 0 heterocycles. The number of carbonyl (C=O) groups excluding carboxylic acids is 1. The van der Waals surface area contributed by atoms with Crippen molar-refractivity contribution in [3.05, 3.63) is 29.8 Å². The average molecular weight is 319 g/mol. The predicted molar refractivity (Wildman–Crippen MR) is 87.6 cm³/mol. The average Bonchev–Trinajstić information content (AvgIpc) is 2.79. The van der Waals surface area contributed by atoms with Gasteiger partial charge in [0.1, 0.15) is 5.75 Å². The first-order valence-corrected chi connectivity index (χ1v) is 8.20. The normalized spacial score (nSPS) is 22.7. The zero-order valence-electron chi connectivity index (χ0n) is 13.7. The summed E-state index contributed by atoms with van der Waals surface area (Å²) >= 11 is 0. The molecule has 0 bridgehead atoms. The van der Waals surface area contributed by atoms with E-state index in [0.29, 0.717) is 12.2 Å². The van der Waals surface area contributed by atoms with Crippen LogP contribution in [0, 0.1) is 5.92 Å². The number of rotatable bonds is 5. The number of carbonyl (C=O) groups is 2. The number of benzene rings is 1. The second kappa shape index (κ2) is 7.99. The smallest absolute Gasteiger partial charge is 0.308 e. The summed E-state index contributed by atoms with van der Waals surface area (Å²) in [6, 6.07) is 7.12. The number of carboxylic acids is 1. The van der Waals surface area contributed by atoms with Crippen LogP contribution in [-0.4, -0.2) is 30.1 Å². The molecule has 23 heavy (non-hydrogen) atoms. The minimum absolute atomic E-state index is 0.128. The Hall–Kier alpha value is -2.04. The van der Waals surface area contributed by atoms with Crippen LogP contribution >= 0.6 is 0 Å². The molecule has 1 saturated carbocycles. The number of ether oxygens (including phenoxy) is 1. The van der Waals surface area contributed by atoms with Crippen molar-refractivity contribution in [1.29, 1.82) is 0 Å². The van der Waals surface area contributed by atoms with Gasteiger partial charge in [0.05, 0.1) is 18.9 Å². The fourth-order valence-electron chi connectivity index (χ4n) is 3.15. The third-order valence-corrected chi connectivity index (χ3v) is 4.65. The first kappa shape index (κ1) is 17.3. The highest BCUT2D eigenvalue weighted by Gasteiger charge is 2.31. The molecule has 0 spiro atoms. The van der Waals surface area contributed by atoms with Crippen molar-refractivity contribution in [2.45, 2.75) is 51.0 Å². The van der Waals surface area contributed by atoms with Crippen LogP contribution in [0.2, 0.25) is 0 Å². The number of hydrogen-bond donors (Lipinski definition) is 2. The molecular weight excluding hydrogens is 294 g/mol. The van der Waals surface area contributed by atoms with E-state index in [2.05, 4.69) is 5.32 Å². The van der Waals surface area contributed by atoms with Crippen molar-refractivity contribution in [1.82, 2.24) is 5.32 Å². The molecule has 0 aromatic heterocycles. The molecule has 126 valence electrons. The summed E-state index contributed by atoms with van der Waals surface area (Å²) in [5, 5.41) is 12.4. The van der Waals surface area contributed by atoms with Gasteiger partial charge >= 0.3 is 5.97 Å². The largest absolute Gasteiger partial charge is 0.497 e. The molecular formula is C18H25NO4. The number of amides is 1. The monoisotopic (exact) mass is 319 g/mol. The number of aliphatic carboxylic acids is 1. The van der Waals surface area contributed by atoms with Crippen LogP contribution < -0.4 is 10.1 Å². The van der Waals surface area contributed by atoms with E-state index in [1.54, 1.807) is 7.11 Å². The lowest BCUT2D eigenvalue weighted by atomic mass is 9.93. The maximum atomic E-state index is 12.5. The van der Waals surface area contributed by atoms with E-state index in [1.165, 1.54) is 0 Å². The van der Waals surface area contributed by atoms with Gasteiger partial charge < -0.3 is 15.2 Å². The number of hydrogen-bond acceptors (Lipinski definition) is 3. The van der Waals surface area contributed by atoms with Gasteiger partial charge in [-0.05, 0) is 37.5 Å². The van der Waals surface area contributed by atoms with Gasteiger partial charge in [-0.1, -0.05) is 31.4 Å². The van der Waals surface area contributed by atoms with Gasteiger partial charge in [0.15, 0.2) is 0 Å². The van der Waals surface area contributed by atoms with Gasteiger partial charge in [0.25, 0.3) is 0 Å². The van der Waals surface area contributed by atoms with Crippen molar-refractivity contribution in [3.8, 4) is 5.75 Å². The molecule has 2 rings (SSSR count). The topological polar surface area (TPSA) is 75.6 Å². The van der Waals surface area contributed by atoms with Crippen molar-refractivity contribution < 1.29 is 19.4 Å². The molecule has 1 aliphatic carbocycles. The van der Waals surface area contributed by atoms with Crippen molar-refractivity contribution in [3.63, 3.8) is 0 Å². The Labute approximate surface area is 137 Å². The Balaban J connectivity index is 2.07. The van der Waals surface area contributed by atoms with Gasteiger partial charge in [-0.15, -0.1) is 0 Å². The highest BCUT2D eigenvalue weighted by atomic mass is 16.5. The summed E-state index contributed by atoms with van der Waals surface area (Å²) in [7, 11) is 1.59. The summed E-state index contributed by atoms with van der Waals surface area (Å²) in [6.07, 6.45) is 4.26. The highest BCUT2D eigenvalue weighted by Crippen LogP contribution is 2.26. The van der Waals surface area contributed by atoms with Crippen molar-refractivity contribution >= 4 is 11.9 Å². The first-order valence-electron chi connectivity index (χ1n) is 8.20. The van der Waals surface area contributed by atoms with Gasteiger partial charge in [-0.2, -0.15) is 0 Å². The maximum Gasteiger partial charge on any atom is 0.308 e. The van der Waals surface area contributed by atoms with E-state index < -0.39 is 11.9 Å². The van der Waals surface area contributed by atoms with Gasteiger partial charge in [-0.3, -0.25) is 9.59 Å². The molecule has 1 fully saturated rings. The van der Waals surface area contributed by atoms with Gasteiger partial charge in [0.2, 0.25) is 5.91 Å². The van der Waals surface area contributed by atoms with E-state index >= 15 is 0 Å². The lowest BCUT2D eigenvalue weighted by Gasteiger charge is -2.24. The van der Waals surface area contributed by atoms with E-state index in [1.807, 2.05) is 31.2 Å². The minimum atomic E-state index is -0.814. The van der Waals surface area contributed by atoms with Crippen LogP contribution in [0.3, 0.4) is 0 Å². The zero-order valence-corrected chi connectivity index (χ0v) is 13.7. The Morgan fingerprint density at radius 2 is 2.00 bits per heavy atom. The van der Waals surface area contributed by atoms with Crippen LogP contribution in [0.15, 0.2) is 24.3 Å². The first-order chi connectivity index (χ1) is 11.0. The second-order valence-electron chi connectivity index (χ2n) is 6.20.